The Hall–Kier alpha value is -1.40. The molecule has 0 radical (unpaired) electrons. The fourth-order valence-corrected chi connectivity index (χ4v) is 5.32. The van der Waals surface area contributed by atoms with E-state index < -0.39 is 5.91 Å². The molecule has 0 aliphatic heterocycles. The maximum Gasteiger partial charge on any atom is 0.251 e. The van der Waals surface area contributed by atoms with E-state index in [0.29, 0.717) is 16.6 Å². The Morgan fingerprint density at radius 3 is 2.44 bits per heavy atom. The summed E-state index contributed by atoms with van der Waals surface area (Å²) < 4.78 is 0. The highest BCUT2D eigenvalue weighted by Crippen LogP contribution is 2.38. The van der Waals surface area contributed by atoms with Crippen molar-refractivity contribution in [1.29, 1.82) is 0 Å². The van der Waals surface area contributed by atoms with E-state index in [2.05, 4.69) is 10.6 Å². The summed E-state index contributed by atoms with van der Waals surface area (Å²) in [5, 5.41) is 7.07. The molecular formula is C19H29N3O2S. The minimum Gasteiger partial charge on any atom is -0.365 e. The van der Waals surface area contributed by atoms with Crippen molar-refractivity contribution in [2.24, 2.45) is 5.73 Å². The van der Waals surface area contributed by atoms with Crippen LogP contribution in [-0.4, -0.2) is 23.9 Å². The molecular weight excluding hydrogens is 334 g/mol. The van der Waals surface area contributed by atoms with Gasteiger partial charge >= 0.3 is 0 Å². The highest BCUT2D eigenvalue weighted by atomic mass is 32.1. The summed E-state index contributed by atoms with van der Waals surface area (Å²) in [7, 11) is 0. The number of amides is 2. The zero-order chi connectivity index (χ0) is 17.8. The molecule has 2 amide bonds. The summed E-state index contributed by atoms with van der Waals surface area (Å²) in [5.41, 5.74) is 7.15. The molecule has 5 nitrogen and oxygen atoms in total. The second-order valence-electron chi connectivity index (χ2n) is 7.35. The van der Waals surface area contributed by atoms with Crippen molar-refractivity contribution >= 4 is 28.2 Å². The van der Waals surface area contributed by atoms with Gasteiger partial charge in [0.15, 0.2) is 0 Å². The van der Waals surface area contributed by atoms with Gasteiger partial charge in [0.2, 0.25) is 5.91 Å². The molecule has 1 atom stereocenters. The first-order chi connectivity index (χ1) is 12.1. The Balaban J connectivity index is 1.62. The Labute approximate surface area is 153 Å². The summed E-state index contributed by atoms with van der Waals surface area (Å²) in [4.78, 5) is 25.7. The van der Waals surface area contributed by atoms with Gasteiger partial charge in [-0.25, -0.2) is 0 Å². The Kier molecular flexibility index (Phi) is 6.12. The van der Waals surface area contributed by atoms with E-state index in [-0.39, 0.29) is 11.9 Å². The number of aryl methyl sites for hydroxylation is 1. The standard InChI is InChI=1S/C19H29N3O2S/c1-12(21-13-8-5-3-2-4-6-9-13)18(24)22-19-16(17(20)23)14-10-7-11-15(14)25-19/h12-13,21H,2-11H2,1H3,(H2,20,23)(H,22,24)/t12-/m1/s1. The normalized spacial score (nSPS) is 19.7. The lowest BCUT2D eigenvalue weighted by Gasteiger charge is -2.24. The summed E-state index contributed by atoms with van der Waals surface area (Å²) in [6.07, 6.45) is 11.6. The molecule has 2 aliphatic carbocycles. The number of carbonyl (C=O) groups is 2. The second-order valence-corrected chi connectivity index (χ2v) is 8.45. The van der Waals surface area contributed by atoms with Crippen molar-refractivity contribution in [2.75, 3.05) is 5.32 Å². The van der Waals surface area contributed by atoms with Gasteiger partial charge in [-0.1, -0.05) is 32.1 Å². The van der Waals surface area contributed by atoms with Gasteiger partial charge in [-0.3, -0.25) is 9.59 Å². The van der Waals surface area contributed by atoms with Gasteiger partial charge in [0.1, 0.15) is 5.00 Å². The van der Waals surface area contributed by atoms with Gasteiger partial charge in [0.05, 0.1) is 11.6 Å². The fraction of sp³-hybridized carbons (Fsp3) is 0.684. The van der Waals surface area contributed by atoms with Crippen LogP contribution in [0.1, 0.15) is 79.1 Å². The van der Waals surface area contributed by atoms with Crippen LogP contribution < -0.4 is 16.4 Å². The first kappa shape index (κ1) is 18.4. The Morgan fingerprint density at radius 2 is 1.76 bits per heavy atom. The lowest BCUT2D eigenvalue weighted by Crippen LogP contribution is -2.44. The quantitative estimate of drug-likeness (QED) is 0.750. The topological polar surface area (TPSA) is 84.2 Å². The highest BCUT2D eigenvalue weighted by molar-refractivity contribution is 7.17. The van der Waals surface area contributed by atoms with Crippen LogP contribution in [0.4, 0.5) is 5.00 Å². The lowest BCUT2D eigenvalue weighted by atomic mass is 9.96. The number of rotatable bonds is 5. The first-order valence-electron chi connectivity index (χ1n) is 9.57. The predicted molar refractivity (Wildman–Crippen MR) is 102 cm³/mol. The van der Waals surface area contributed by atoms with Crippen LogP contribution in [-0.2, 0) is 17.6 Å². The van der Waals surface area contributed by atoms with E-state index in [4.69, 9.17) is 5.73 Å². The van der Waals surface area contributed by atoms with E-state index in [1.165, 1.54) is 48.3 Å². The van der Waals surface area contributed by atoms with Crippen LogP contribution in [0.15, 0.2) is 0 Å². The number of fused-ring (bicyclic) bond motifs is 1. The number of anilines is 1. The van der Waals surface area contributed by atoms with Gasteiger partial charge < -0.3 is 16.4 Å². The van der Waals surface area contributed by atoms with Crippen molar-refractivity contribution in [3.8, 4) is 0 Å². The molecule has 0 unspecified atom stereocenters. The third kappa shape index (κ3) is 4.42. The Bertz CT molecular complexity index is 633. The van der Waals surface area contributed by atoms with Crippen LogP contribution in [0.25, 0.3) is 0 Å². The highest BCUT2D eigenvalue weighted by Gasteiger charge is 2.27. The smallest absolute Gasteiger partial charge is 0.251 e. The Morgan fingerprint density at radius 1 is 1.08 bits per heavy atom. The number of hydrogen-bond donors (Lipinski definition) is 3. The molecule has 6 heteroatoms. The molecule has 1 aromatic rings. The third-order valence-electron chi connectivity index (χ3n) is 5.39. The minimum atomic E-state index is -0.435. The van der Waals surface area contributed by atoms with Gasteiger partial charge in [-0.15, -0.1) is 11.3 Å². The van der Waals surface area contributed by atoms with Crippen LogP contribution in [0.5, 0.6) is 0 Å². The zero-order valence-electron chi connectivity index (χ0n) is 15.0. The molecule has 4 N–H and O–H groups in total. The lowest BCUT2D eigenvalue weighted by molar-refractivity contribution is -0.118. The van der Waals surface area contributed by atoms with Gasteiger partial charge in [0.25, 0.3) is 5.91 Å². The number of nitrogens with two attached hydrogens (primary N) is 1. The van der Waals surface area contributed by atoms with Crippen molar-refractivity contribution in [1.82, 2.24) is 5.32 Å². The maximum atomic E-state index is 12.6. The summed E-state index contributed by atoms with van der Waals surface area (Å²) in [5.74, 6) is -0.514. The predicted octanol–water partition coefficient (Wildman–Crippen LogP) is 3.37. The molecule has 138 valence electrons. The van der Waals surface area contributed by atoms with E-state index in [1.54, 1.807) is 0 Å². The molecule has 3 rings (SSSR count). The average molecular weight is 364 g/mol. The molecule has 1 saturated carbocycles. The molecule has 1 heterocycles. The molecule has 0 saturated heterocycles. The molecule has 1 aromatic heterocycles. The monoisotopic (exact) mass is 363 g/mol. The number of thiophene rings is 1. The first-order valence-corrected chi connectivity index (χ1v) is 10.4. The number of carbonyl (C=O) groups excluding carboxylic acids is 2. The second kappa shape index (κ2) is 8.32. The van der Waals surface area contributed by atoms with E-state index in [9.17, 15) is 9.59 Å². The van der Waals surface area contributed by atoms with E-state index in [1.807, 2.05) is 6.92 Å². The summed E-state index contributed by atoms with van der Waals surface area (Å²) in [6, 6.07) is 0.132. The van der Waals surface area contributed by atoms with Crippen molar-refractivity contribution in [3.05, 3.63) is 16.0 Å². The maximum absolute atomic E-state index is 12.6. The summed E-state index contributed by atoms with van der Waals surface area (Å²) in [6.45, 7) is 1.90. The zero-order valence-corrected chi connectivity index (χ0v) is 15.8. The molecule has 1 fully saturated rings. The van der Waals surface area contributed by atoms with Gasteiger partial charge in [0, 0.05) is 10.9 Å². The molecule has 25 heavy (non-hydrogen) atoms. The van der Waals surface area contributed by atoms with Crippen molar-refractivity contribution in [2.45, 2.75) is 83.2 Å². The molecule has 0 aromatic carbocycles. The number of primary amides is 1. The summed E-state index contributed by atoms with van der Waals surface area (Å²) >= 11 is 1.51. The van der Waals surface area contributed by atoms with Gasteiger partial charge in [-0.05, 0) is 44.6 Å². The molecule has 2 aliphatic rings. The number of nitrogens with one attached hydrogen (secondary N) is 2. The van der Waals surface area contributed by atoms with E-state index >= 15 is 0 Å². The minimum absolute atomic E-state index is 0.0792. The van der Waals surface area contributed by atoms with Crippen LogP contribution in [0.2, 0.25) is 0 Å². The van der Waals surface area contributed by atoms with Crippen LogP contribution >= 0.6 is 11.3 Å². The molecule has 0 spiro atoms. The van der Waals surface area contributed by atoms with Crippen molar-refractivity contribution in [3.63, 3.8) is 0 Å². The SMILES string of the molecule is C[C@@H](NC1CCCCCCC1)C(=O)Nc1sc2c(c1C(N)=O)CCC2. The fourth-order valence-electron chi connectivity index (χ4n) is 4.03. The van der Waals surface area contributed by atoms with Crippen LogP contribution in [0.3, 0.4) is 0 Å². The average Bonchev–Trinajstić information content (AvgIpc) is 3.09. The third-order valence-corrected chi connectivity index (χ3v) is 6.60. The van der Waals surface area contributed by atoms with Crippen LogP contribution in [0, 0.1) is 0 Å². The van der Waals surface area contributed by atoms with Crippen molar-refractivity contribution < 1.29 is 9.59 Å². The largest absolute Gasteiger partial charge is 0.365 e. The molecule has 0 bridgehead atoms. The van der Waals surface area contributed by atoms with Gasteiger partial charge in [-0.2, -0.15) is 0 Å². The number of hydrogen-bond acceptors (Lipinski definition) is 4. The van der Waals surface area contributed by atoms with E-state index in [0.717, 1.165) is 37.7 Å².